The van der Waals surface area contributed by atoms with E-state index in [4.69, 9.17) is 0 Å². The monoisotopic (exact) mass is 503 g/mol. The van der Waals surface area contributed by atoms with Crippen LogP contribution in [0.25, 0.3) is 22.4 Å². The Kier molecular flexibility index (Phi) is 7.78. The number of aromatic nitrogens is 1. The van der Waals surface area contributed by atoms with Gasteiger partial charge in [-0.15, -0.1) is 0 Å². The van der Waals surface area contributed by atoms with Gasteiger partial charge in [0.1, 0.15) is 0 Å². The van der Waals surface area contributed by atoms with Gasteiger partial charge in [0.2, 0.25) is 0 Å². The maximum atomic E-state index is 4.69. The lowest BCUT2D eigenvalue weighted by Crippen LogP contribution is -2.45. The van der Waals surface area contributed by atoms with Crippen molar-refractivity contribution in [2.45, 2.75) is 54.6 Å². The molecule has 2 heterocycles. The molecule has 38 heavy (non-hydrogen) atoms. The third-order valence-corrected chi connectivity index (χ3v) is 8.51. The second-order valence-electron chi connectivity index (χ2n) is 11.3. The fourth-order valence-electron chi connectivity index (χ4n) is 5.59. The van der Waals surface area contributed by atoms with Crippen LogP contribution in [0, 0.1) is 41.5 Å². The summed E-state index contributed by atoms with van der Waals surface area (Å²) >= 11 is 0. The highest BCUT2D eigenvalue weighted by Crippen LogP contribution is 2.27. The Morgan fingerprint density at radius 3 is 1.61 bits per heavy atom. The molecule has 0 bridgehead atoms. The standard InChI is InChI=1S/C35H41N3/c1-24-16-33(17-25(2)28(24)5)32-9-7-8-30(20-32)22-37-12-14-38(15-13-37)23-31-10-11-36-35(21-31)34-18-26(3)29(6)27(4)19-34/h7-11,16-21H,12-15,22-23H2,1-6H3. The number of nitrogens with zero attached hydrogens (tertiary/aromatic N) is 3. The van der Waals surface area contributed by atoms with Crippen molar-refractivity contribution < 1.29 is 0 Å². The molecule has 1 aromatic heterocycles. The second-order valence-corrected chi connectivity index (χ2v) is 11.3. The molecule has 196 valence electrons. The lowest BCUT2D eigenvalue weighted by molar-refractivity contribution is 0.122. The second kappa shape index (κ2) is 11.2. The maximum absolute atomic E-state index is 4.69. The van der Waals surface area contributed by atoms with Crippen LogP contribution in [0.5, 0.6) is 0 Å². The summed E-state index contributed by atoms with van der Waals surface area (Å²) in [4.78, 5) is 9.86. The minimum absolute atomic E-state index is 0.981. The number of pyridine rings is 1. The summed E-state index contributed by atoms with van der Waals surface area (Å²) in [6, 6.07) is 22.7. The molecule has 0 atom stereocenters. The Bertz CT molecular complexity index is 1290. The van der Waals surface area contributed by atoms with Crippen LogP contribution in [-0.4, -0.2) is 41.0 Å². The van der Waals surface area contributed by atoms with E-state index >= 15 is 0 Å². The molecule has 3 nitrogen and oxygen atoms in total. The Morgan fingerprint density at radius 2 is 1.05 bits per heavy atom. The minimum Gasteiger partial charge on any atom is -0.297 e. The van der Waals surface area contributed by atoms with Gasteiger partial charge < -0.3 is 0 Å². The molecule has 0 N–H and O–H groups in total. The predicted molar refractivity (Wildman–Crippen MR) is 161 cm³/mol. The number of benzene rings is 3. The van der Waals surface area contributed by atoms with Crippen molar-refractivity contribution in [2.24, 2.45) is 0 Å². The normalized spacial score (nSPS) is 14.7. The first-order chi connectivity index (χ1) is 18.3. The van der Waals surface area contributed by atoms with E-state index in [2.05, 4.69) is 117 Å². The van der Waals surface area contributed by atoms with Crippen molar-refractivity contribution >= 4 is 0 Å². The van der Waals surface area contributed by atoms with Gasteiger partial charge >= 0.3 is 0 Å². The highest BCUT2D eigenvalue weighted by Gasteiger charge is 2.18. The van der Waals surface area contributed by atoms with Crippen LogP contribution in [0.15, 0.2) is 66.9 Å². The van der Waals surface area contributed by atoms with Crippen molar-refractivity contribution in [3.8, 4) is 22.4 Å². The lowest BCUT2D eigenvalue weighted by Gasteiger charge is -2.34. The van der Waals surface area contributed by atoms with E-state index < -0.39 is 0 Å². The number of aryl methyl sites for hydroxylation is 4. The molecule has 0 radical (unpaired) electrons. The Labute approximate surface area is 229 Å². The van der Waals surface area contributed by atoms with E-state index in [0.717, 1.165) is 45.0 Å². The summed E-state index contributed by atoms with van der Waals surface area (Å²) in [5, 5.41) is 0. The lowest BCUT2D eigenvalue weighted by atomic mass is 9.95. The molecule has 1 aliphatic heterocycles. The van der Waals surface area contributed by atoms with Gasteiger partial charge in [0.25, 0.3) is 0 Å². The average molecular weight is 504 g/mol. The van der Waals surface area contributed by atoms with E-state index in [1.54, 1.807) is 0 Å². The fraction of sp³-hybridized carbons (Fsp3) is 0.343. The van der Waals surface area contributed by atoms with E-state index in [9.17, 15) is 0 Å². The molecule has 1 aliphatic rings. The first kappa shape index (κ1) is 26.3. The molecule has 0 unspecified atom stereocenters. The van der Waals surface area contributed by atoms with Crippen LogP contribution in [0.4, 0.5) is 0 Å². The van der Waals surface area contributed by atoms with Crippen molar-refractivity contribution in [2.75, 3.05) is 26.2 Å². The number of piperazine rings is 1. The molecule has 1 saturated heterocycles. The van der Waals surface area contributed by atoms with Crippen molar-refractivity contribution in [3.63, 3.8) is 0 Å². The SMILES string of the molecule is Cc1cc(-c2cccc(CN3CCN(Cc4ccnc(-c5cc(C)c(C)c(C)c5)c4)CC3)c2)cc(C)c1C. The van der Waals surface area contributed by atoms with Crippen LogP contribution in [-0.2, 0) is 13.1 Å². The number of rotatable bonds is 6. The summed E-state index contributed by atoms with van der Waals surface area (Å²) in [6.45, 7) is 19.6. The van der Waals surface area contributed by atoms with Crippen LogP contribution < -0.4 is 0 Å². The number of hydrogen-bond donors (Lipinski definition) is 0. The van der Waals surface area contributed by atoms with Crippen molar-refractivity contribution in [1.82, 2.24) is 14.8 Å². The number of hydrogen-bond acceptors (Lipinski definition) is 3. The summed E-state index contributed by atoms with van der Waals surface area (Å²) < 4.78 is 0. The predicted octanol–water partition coefficient (Wildman–Crippen LogP) is 7.58. The zero-order valence-corrected chi connectivity index (χ0v) is 23.9. The van der Waals surface area contributed by atoms with E-state index in [0.29, 0.717) is 0 Å². The third kappa shape index (κ3) is 5.90. The van der Waals surface area contributed by atoms with Gasteiger partial charge in [-0.25, -0.2) is 0 Å². The first-order valence-electron chi connectivity index (χ1n) is 13.9. The molecule has 1 fully saturated rings. The largest absolute Gasteiger partial charge is 0.297 e. The smallest absolute Gasteiger partial charge is 0.0705 e. The van der Waals surface area contributed by atoms with Crippen LogP contribution in [0.1, 0.15) is 44.5 Å². The molecule has 4 aromatic rings. The molecule has 3 aromatic carbocycles. The summed E-state index contributed by atoms with van der Waals surface area (Å²) in [6.07, 6.45) is 1.97. The molecular formula is C35H41N3. The van der Waals surface area contributed by atoms with Crippen LogP contribution in [0.2, 0.25) is 0 Å². The fourth-order valence-corrected chi connectivity index (χ4v) is 5.59. The topological polar surface area (TPSA) is 19.4 Å². The molecule has 5 rings (SSSR count). The van der Waals surface area contributed by atoms with Crippen LogP contribution >= 0.6 is 0 Å². The average Bonchev–Trinajstić information content (AvgIpc) is 2.91. The van der Waals surface area contributed by atoms with Gasteiger partial charge in [0.05, 0.1) is 5.69 Å². The van der Waals surface area contributed by atoms with E-state index in [1.807, 2.05) is 6.20 Å². The summed E-state index contributed by atoms with van der Waals surface area (Å²) in [7, 11) is 0. The summed E-state index contributed by atoms with van der Waals surface area (Å²) in [5.41, 5.74) is 15.8. The Balaban J connectivity index is 1.20. The zero-order chi connectivity index (χ0) is 26.8. The molecule has 3 heteroatoms. The zero-order valence-electron chi connectivity index (χ0n) is 23.9. The van der Waals surface area contributed by atoms with Gasteiger partial charge in [-0.05, 0) is 128 Å². The molecule has 0 saturated carbocycles. The quantitative estimate of drug-likeness (QED) is 0.270. The van der Waals surface area contributed by atoms with Gasteiger partial charge in [-0.2, -0.15) is 0 Å². The first-order valence-corrected chi connectivity index (χ1v) is 13.9. The van der Waals surface area contributed by atoms with Crippen molar-refractivity contribution in [1.29, 1.82) is 0 Å². The van der Waals surface area contributed by atoms with Crippen molar-refractivity contribution in [3.05, 3.63) is 111 Å². The maximum Gasteiger partial charge on any atom is 0.0705 e. The van der Waals surface area contributed by atoms with E-state index in [1.165, 1.54) is 61.2 Å². The van der Waals surface area contributed by atoms with Gasteiger partial charge in [0, 0.05) is 51.0 Å². The van der Waals surface area contributed by atoms with Gasteiger partial charge in [-0.3, -0.25) is 14.8 Å². The molecule has 0 amide bonds. The summed E-state index contributed by atoms with van der Waals surface area (Å²) in [5.74, 6) is 0. The van der Waals surface area contributed by atoms with Gasteiger partial charge in [0.15, 0.2) is 0 Å². The minimum atomic E-state index is 0.981. The molecule has 0 spiro atoms. The van der Waals surface area contributed by atoms with Crippen LogP contribution in [0.3, 0.4) is 0 Å². The Morgan fingerprint density at radius 1 is 0.553 bits per heavy atom. The highest BCUT2D eigenvalue weighted by atomic mass is 15.3. The molecular weight excluding hydrogens is 462 g/mol. The molecule has 0 aliphatic carbocycles. The highest BCUT2D eigenvalue weighted by molar-refractivity contribution is 5.67. The van der Waals surface area contributed by atoms with Gasteiger partial charge in [-0.1, -0.05) is 30.3 Å². The third-order valence-electron chi connectivity index (χ3n) is 8.51. The Hall–Kier alpha value is -3.27. The van der Waals surface area contributed by atoms with E-state index in [-0.39, 0.29) is 0 Å².